The fourth-order valence-electron chi connectivity index (χ4n) is 2.16. The lowest BCUT2D eigenvalue weighted by atomic mass is 10.1. The van der Waals surface area contributed by atoms with Crippen molar-refractivity contribution in [3.8, 4) is 0 Å². The van der Waals surface area contributed by atoms with E-state index < -0.39 is 5.97 Å². The number of fused-ring (bicyclic) bond motifs is 1. The first-order valence-electron chi connectivity index (χ1n) is 6.53. The van der Waals surface area contributed by atoms with Crippen LogP contribution in [0.15, 0.2) is 65.7 Å². The van der Waals surface area contributed by atoms with Gasteiger partial charge < -0.3 is 5.11 Å². The Labute approximate surface area is 126 Å². The number of aromatic carboxylic acids is 1. The van der Waals surface area contributed by atoms with Gasteiger partial charge in [-0.05, 0) is 35.9 Å². The molecule has 104 valence electrons. The summed E-state index contributed by atoms with van der Waals surface area (Å²) in [5.74, 6) is -0.113. The highest BCUT2D eigenvalue weighted by atomic mass is 32.2. The van der Waals surface area contributed by atoms with E-state index >= 15 is 0 Å². The summed E-state index contributed by atoms with van der Waals surface area (Å²) in [5, 5.41) is 10.2. The summed E-state index contributed by atoms with van der Waals surface area (Å²) in [6.07, 6.45) is 1.81. The molecular formula is C17H13NO2S. The summed E-state index contributed by atoms with van der Waals surface area (Å²) in [6, 6.07) is 17.1. The predicted molar refractivity (Wildman–Crippen MR) is 84.7 cm³/mol. The lowest BCUT2D eigenvalue weighted by molar-refractivity contribution is 0.0696. The highest BCUT2D eigenvalue weighted by Crippen LogP contribution is 2.27. The average molecular weight is 295 g/mol. The quantitative estimate of drug-likeness (QED) is 0.732. The van der Waals surface area contributed by atoms with Gasteiger partial charge in [-0.25, -0.2) is 4.79 Å². The van der Waals surface area contributed by atoms with Gasteiger partial charge in [-0.2, -0.15) is 0 Å². The standard InChI is InChI=1S/C17H13NO2S/c19-17(20)12-4-3-5-14(10-12)21-11-13-8-9-18-16-7-2-1-6-15(13)16/h1-10H,11H2,(H,19,20). The molecule has 0 saturated heterocycles. The van der Waals surface area contributed by atoms with Gasteiger partial charge in [0.15, 0.2) is 0 Å². The first-order valence-corrected chi connectivity index (χ1v) is 7.51. The molecule has 0 aliphatic carbocycles. The number of rotatable bonds is 4. The number of carboxylic acids is 1. The normalized spacial score (nSPS) is 10.7. The van der Waals surface area contributed by atoms with E-state index in [1.165, 1.54) is 5.56 Å². The van der Waals surface area contributed by atoms with Gasteiger partial charge in [0.2, 0.25) is 0 Å². The summed E-state index contributed by atoms with van der Waals surface area (Å²) in [5.41, 5.74) is 2.50. The number of nitrogens with zero attached hydrogens (tertiary/aromatic N) is 1. The third-order valence-electron chi connectivity index (χ3n) is 3.21. The summed E-state index contributed by atoms with van der Waals surface area (Å²) in [6.45, 7) is 0. The molecule has 0 spiro atoms. The second-order valence-electron chi connectivity index (χ2n) is 4.61. The van der Waals surface area contributed by atoms with Gasteiger partial charge >= 0.3 is 5.97 Å². The molecule has 1 N–H and O–H groups in total. The van der Waals surface area contributed by atoms with Crippen molar-refractivity contribution in [1.29, 1.82) is 0 Å². The van der Waals surface area contributed by atoms with E-state index in [1.807, 2.05) is 36.5 Å². The molecule has 1 aromatic heterocycles. The first-order chi connectivity index (χ1) is 10.2. The number of thioether (sulfide) groups is 1. The van der Waals surface area contributed by atoms with E-state index in [4.69, 9.17) is 5.11 Å². The number of carboxylic acid groups (broad SMARTS) is 1. The zero-order chi connectivity index (χ0) is 14.7. The molecular weight excluding hydrogens is 282 g/mol. The maximum absolute atomic E-state index is 11.0. The molecule has 0 fully saturated rings. The Morgan fingerprint density at radius 3 is 2.81 bits per heavy atom. The molecule has 1 heterocycles. The van der Waals surface area contributed by atoms with Gasteiger partial charge in [0.1, 0.15) is 0 Å². The van der Waals surface area contributed by atoms with Crippen molar-refractivity contribution in [2.24, 2.45) is 0 Å². The SMILES string of the molecule is O=C(O)c1cccc(SCc2ccnc3ccccc23)c1. The summed E-state index contributed by atoms with van der Waals surface area (Å²) >= 11 is 1.63. The second-order valence-corrected chi connectivity index (χ2v) is 5.66. The van der Waals surface area contributed by atoms with Crippen LogP contribution in [0.2, 0.25) is 0 Å². The zero-order valence-electron chi connectivity index (χ0n) is 11.2. The molecule has 0 bridgehead atoms. The summed E-state index contributed by atoms with van der Waals surface area (Å²) < 4.78 is 0. The molecule has 0 unspecified atom stereocenters. The minimum absolute atomic E-state index is 0.319. The predicted octanol–water partition coefficient (Wildman–Crippen LogP) is 4.23. The van der Waals surface area contributed by atoms with Crippen LogP contribution in [0.5, 0.6) is 0 Å². The van der Waals surface area contributed by atoms with Crippen LogP contribution in [0, 0.1) is 0 Å². The van der Waals surface area contributed by atoms with Crippen molar-refractivity contribution in [2.45, 2.75) is 10.6 Å². The molecule has 0 radical (unpaired) electrons. The van der Waals surface area contributed by atoms with E-state index in [2.05, 4.69) is 11.1 Å². The lowest BCUT2D eigenvalue weighted by Gasteiger charge is -2.06. The summed E-state index contributed by atoms with van der Waals surface area (Å²) in [7, 11) is 0. The van der Waals surface area contributed by atoms with E-state index in [0.717, 1.165) is 21.6 Å². The molecule has 21 heavy (non-hydrogen) atoms. The Hall–Kier alpha value is -2.33. The maximum Gasteiger partial charge on any atom is 0.335 e. The fraction of sp³-hybridized carbons (Fsp3) is 0.0588. The third-order valence-corrected chi connectivity index (χ3v) is 4.26. The molecule has 0 saturated carbocycles. The number of hydrogen-bond donors (Lipinski definition) is 1. The Bertz CT molecular complexity index is 796. The lowest BCUT2D eigenvalue weighted by Crippen LogP contribution is -1.95. The maximum atomic E-state index is 11.0. The molecule has 2 aromatic carbocycles. The molecule has 4 heteroatoms. The van der Waals surface area contributed by atoms with Crippen LogP contribution in [0.1, 0.15) is 15.9 Å². The molecule has 0 atom stereocenters. The zero-order valence-corrected chi connectivity index (χ0v) is 12.0. The van der Waals surface area contributed by atoms with E-state index in [9.17, 15) is 4.79 Å². The van der Waals surface area contributed by atoms with E-state index in [1.54, 1.807) is 30.0 Å². The van der Waals surface area contributed by atoms with Crippen molar-refractivity contribution in [1.82, 2.24) is 4.98 Å². The third kappa shape index (κ3) is 3.06. The van der Waals surface area contributed by atoms with Gasteiger partial charge in [0, 0.05) is 22.2 Å². The van der Waals surface area contributed by atoms with E-state index in [0.29, 0.717) is 5.56 Å². The van der Waals surface area contributed by atoms with Crippen LogP contribution in [0.25, 0.3) is 10.9 Å². The van der Waals surface area contributed by atoms with Crippen LogP contribution in [0.4, 0.5) is 0 Å². The number of para-hydroxylation sites is 1. The van der Waals surface area contributed by atoms with Crippen molar-refractivity contribution in [3.63, 3.8) is 0 Å². The number of aromatic nitrogens is 1. The number of benzene rings is 2. The molecule has 3 rings (SSSR count). The Balaban J connectivity index is 1.84. The molecule has 0 aliphatic rings. The van der Waals surface area contributed by atoms with Gasteiger partial charge in [-0.1, -0.05) is 24.3 Å². The van der Waals surface area contributed by atoms with Crippen LogP contribution in [-0.4, -0.2) is 16.1 Å². The highest BCUT2D eigenvalue weighted by molar-refractivity contribution is 7.98. The monoisotopic (exact) mass is 295 g/mol. The number of carbonyl (C=O) groups is 1. The minimum Gasteiger partial charge on any atom is -0.478 e. The topological polar surface area (TPSA) is 50.2 Å². The van der Waals surface area contributed by atoms with Crippen molar-refractivity contribution >= 4 is 28.6 Å². The van der Waals surface area contributed by atoms with Gasteiger partial charge in [0.25, 0.3) is 0 Å². The molecule has 0 amide bonds. The van der Waals surface area contributed by atoms with Crippen LogP contribution in [-0.2, 0) is 5.75 Å². The Morgan fingerprint density at radius 2 is 1.95 bits per heavy atom. The molecule has 0 aliphatic heterocycles. The molecule has 3 nitrogen and oxygen atoms in total. The van der Waals surface area contributed by atoms with Crippen LogP contribution in [0.3, 0.4) is 0 Å². The van der Waals surface area contributed by atoms with Crippen molar-refractivity contribution in [3.05, 3.63) is 71.9 Å². The van der Waals surface area contributed by atoms with Crippen LogP contribution >= 0.6 is 11.8 Å². The van der Waals surface area contributed by atoms with Gasteiger partial charge in [0.05, 0.1) is 11.1 Å². The van der Waals surface area contributed by atoms with Gasteiger partial charge in [-0.3, -0.25) is 4.98 Å². The van der Waals surface area contributed by atoms with Crippen LogP contribution < -0.4 is 0 Å². The minimum atomic E-state index is -0.896. The highest BCUT2D eigenvalue weighted by Gasteiger charge is 2.05. The number of pyridine rings is 1. The first kappa shape index (κ1) is 13.6. The fourth-order valence-corrected chi connectivity index (χ4v) is 3.12. The van der Waals surface area contributed by atoms with Crippen molar-refractivity contribution in [2.75, 3.05) is 0 Å². The van der Waals surface area contributed by atoms with E-state index in [-0.39, 0.29) is 0 Å². The Kier molecular flexibility index (Phi) is 3.88. The largest absolute Gasteiger partial charge is 0.478 e. The van der Waals surface area contributed by atoms with Crippen molar-refractivity contribution < 1.29 is 9.90 Å². The summed E-state index contributed by atoms with van der Waals surface area (Å²) in [4.78, 5) is 16.3. The Morgan fingerprint density at radius 1 is 1.10 bits per heavy atom. The smallest absolute Gasteiger partial charge is 0.335 e. The second kappa shape index (κ2) is 5.97. The number of hydrogen-bond acceptors (Lipinski definition) is 3. The molecule has 3 aromatic rings. The average Bonchev–Trinajstić information content (AvgIpc) is 2.53. The van der Waals surface area contributed by atoms with Gasteiger partial charge in [-0.15, -0.1) is 11.8 Å².